The summed E-state index contributed by atoms with van der Waals surface area (Å²) in [6.45, 7) is 2.39. The van der Waals surface area contributed by atoms with Crippen molar-refractivity contribution in [1.29, 1.82) is 0 Å². The van der Waals surface area contributed by atoms with Gasteiger partial charge in [0.05, 0.1) is 23.3 Å². The topological polar surface area (TPSA) is 64.0 Å². The third-order valence-corrected chi connectivity index (χ3v) is 5.16. The van der Waals surface area contributed by atoms with Gasteiger partial charge >= 0.3 is 0 Å². The van der Waals surface area contributed by atoms with E-state index in [9.17, 15) is 9.59 Å². The van der Waals surface area contributed by atoms with Crippen molar-refractivity contribution in [1.82, 2.24) is 14.9 Å². The molecule has 1 aliphatic rings. The van der Waals surface area contributed by atoms with Crippen LogP contribution in [0.4, 0.5) is 0 Å². The smallest absolute Gasteiger partial charge is 0.261 e. The second-order valence-electron chi connectivity index (χ2n) is 7.30. The highest BCUT2D eigenvalue weighted by molar-refractivity contribution is 5.77. The van der Waals surface area contributed by atoms with E-state index in [0.29, 0.717) is 23.4 Å². The standard InChI is InChI=1S/C22H23N3O2/c1-15-6-8-16(9-7-15)21(17-10-11-17)24-20(26)12-13-25-14-23-19-5-3-2-4-18(19)22(25)27/h2-9,14,17,21H,10-13H2,1H3,(H,24,26). The number of aryl methyl sites for hydroxylation is 2. The van der Waals surface area contributed by atoms with Crippen LogP contribution in [0.3, 0.4) is 0 Å². The molecule has 3 aromatic rings. The van der Waals surface area contributed by atoms with E-state index >= 15 is 0 Å². The number of nitrogens with one attached hydrogen (secondary N) is 1. The minimum Gasteiger partial charge on any atom is -0.349 e. The fraction of sp³-hybridized carbons (Fsp3) is 0.318. The number of rotatable bonds is 6. The van der Waals surface area contributed by atoms with Gasteiger partial charge in [0, 0.05) is 13.0 Å². The van der Waals surface area contributed by atoms with Crippen LogP contribution < -0.4 is 10.9 Å². The largest absolute Gasteiger partial charge is 0.349 e. The Morgan fingerprint density at radius 1 is 1.19 bits per heavy atom. The van der Waals surface area contributed by atoms with E-state index < -0.39 is 0 Å². The summed E-state index contributed by atoms with van der Waals surface area (Å²) in [7, 11) is 0. The van der Waals surface area contributed by atoms with E-state index in [-0.39, 0.29) is 23.9 Å². The highest BCUT2D eigenvalue weighted by Crippen LogP contribution is 2.41. The predicted octanol–water partition coefficient (Wildman–Crippen LogP) is 3.36. The summed E-state index contributed by atoms with van der Waals surface area (Å²) in [5.41, 5.74) is 2.94. The Kier molecular flexibility index (Phi) is 4.75. The van der Waals surface area contributed by atoms with Crippen molar-refractivity contribution in [2.24, 2.45) is 5.92 Å². The number of aromatic nitrogens is 2. The van der Waals surface area contributed by atoms with Gasteiger partial charge in [-0.2, -0.15) is 0 Å². The summed E-state index contributed by atoms with van der Waals surface area (Å²) in [4.78, 5) is 29.4. The second kappa shape index (κ2) is 7.35. The van der Waals surface area contributed by atoms with Crippen molar-refractivity contribution in [3.63, 3.8) is 0 Å². The summed E-state index contributed by atoms with van der Waals surface area (Å²) in [6, 6.07) is 15.7. The van der Waals surface area contributed by atoms with E-state index in [1.165, 1.54) is 16.5 Å². The zero-order chi connectivity index (χ0) is 18.8. The molecule has 0 bridgehead atoms. The van der Waals surface area contributed by atoms with Crippen LogP contribution in [0.25, 0.3) is 10.9 Å². The summed E-state index contributed by atoms with van der Waals surface area (Å²) < 4.78 is 1.51. The lowest BCUT2D eigenvalue weighted by atomic mass is 10.0. The maximum atomic E-state index is 12.5. The van der Waals surface area contributed by atoms with Gasteiger partial charge in [-0.25, -0.2) is 4.98 Å². The summed E-state index contributed by atoms with van der Waals surface area (Å²) in [5, 5.41) is 3.75. The van der Waals surface area contributed by atoms with Gasteiger partial charge in [-0.3, -0.25) is 14.2 Å². The van der Waals surface area contributed by atoms with E-state index in [1.54, 1.807) is 6.07 Å². The molecule has 0 saturated heterocycles. The lowest BCUT2D eigenvalue weighted by molar-refractivity contribution is -0.122. The molecule has 1 heterocycles. The normalized spacial score (nSPS) is 14.9. The van der Waals surface area contributed by atoms with Gasteiger partial charge in [0.1, 0.15) is 0 Å². The molecule has 5 nitrogen and oxygen atoms in total. The van der Waals surface area contributed by atoms with Crippen molar-refractivity contribution in [2.75, 3.05) is 0 Å². The quantitative estimate of drug-likeness (QED) is 0.732. The van der Waals surface area contributed by atoms with Crippen molar-refractivity contribution >= 4 is 16.8 Å². The average Bonchev–Trinajstić information content (AvgIpc) is 3.52. The monoisotopic (exact) mass is 361 g/mol. The van der Waals surface area contributed by atoms with E-state index in [2.05, 4.69) is 41.5 Å². The van der Waals surface area contributed by atoms with Gasteiger partial charge in [-0.15, -0.1) is 0 Å². The summed E-state index contributed by atoms with van der Waals surface area (Å²) in [5.74, 6) is 0.481. The fourth-order valence-electron chi connectivity index (χ4n) is 3.41. The number of hydrogen-bond donors (Lipinski definition) is 1. The first-order valence-electron chi connectivity index (χ1n) is 9.42. The molecule has 1 atom stereocenters. The molecule has 4 rings (SSSR count). The van der Waals surface area contributed by atoms with Crippen LogP contribution in [0.1, 0.15) is 36.4 Å². The van der Waals surface area contributed by atoms with Crippen molar-refractivity contribution in [3.8, 4) is 0 Å². The molecule has 2 aromatic carbocycles. The Morgan fingerprint density at radius 2 is 1.93 bits per heavy atom. The summed E-state index contributed by atoms with van der Waals surface area (Å²) in [6.07, 6.45) is 4.07. The van der Waals surface area contributed by atoms with Crippen LogP contribution in [0.2, 0.25) is 0 Å². The Labute approximate surface area is 158 Å². The SMILES string of the molecule is Cc1ccc(C(NC(=O)CCn2cnc3ccccc3c2=O)C2CC2)cc1. The molecule has 1 N–H and O–H groups in total. The van der Waals surface area contributed by atoms with Crippen LogP contribution in [0.15, 0.2) is 59.7 Å². The van der Waals surface area contributed by atoms with Gasteiger partial charge in [0.25, 0.3) is 5.56 Å². The highest BCUT2D eigenvalue weighted by atomic mass is 16.2. The highest BCUT2D eigenvalue weighted by Gasteiger charge is 2.33. The number of nitrogens with zero attached hydrogens (tertiary/aromatic N) is 2. The molecule has 0 radical (unpaired) electrons. The minimum atomic E-state index is -0.106. The number of amides is 1. The maximum Gasteiger partial charge on any atom is 0.261 e. The molecule has 0 aliphatic heterocycles. The number of hydrogen-bond acceptors (Lipinski definition) is 3. The maximum absolute atomic E-state index is 12.5. The lowest BCUT2D eigenvalue weighted by Crippen LogP contribution is -2.31. The number of benzene rings is 2. The molecule has 138 valence electrons. The number of carbonyl (C=O) groups excluding carboxylic acids is 1. The molecule has 1 unspecified atom stereocenters. The lowest BCUT2D eigenvalue weighted by Gasteiger charge is -2.19. The molecule has 1 amide bonds. The molecule has 1 aromatic heterocycles. The molecule has 1 fully saturated rings. The van der Waals surface area contributed by atoms with Crippen LogP contribution in [0.5, 0.6) is 0 Å². The van der Waals surface area contributed by atoms with Gasteiger partial charge in [-0.05, 0) is 43.4 Å². The zero-order valence-electron chi connectivity index (χ0n) is 15.4. The van der Waals surface area contributed by atoms with Crippen LogP contribution in [-0.2, 0) is 11.3 Å². The Bertz CT molecular complexity index is 1020. The number of para-hydroxylation sites is 1. The molecule has 27 heavy (non-hydrogen) atoms. The fourth-order valence-corrected chi connectivity index (χ4v) is 3.41. The van der Waals surface area contributed by atoms with Crippen LogP contribution in [-0.4, -0.2) is 15.5 Å². The van der Waals surface area contributed by atoms with Crippen molar-refractivity contribution < 1.29 is 4.79 Å². The molecule has 5 heteroatoms. The number of fused-ring (bicyclic) bond motifs is 1. The molecule has 1 saturated carbocycles. The van der Waals surface area contributed by atoms with Crippen LogP contribution >= 0.6 is 0 Å². The first-order chi connectivity index (χ1) is 13.1. The summed E-state index contributed by atoms with van der Waals surface area (Å²) >= 11 is 0. The Balaban J connectivity index is 1.44. The minimum absolute atomic E-state index is 0.0347. The van der Waals surface area contributed by atoms with Gasteiger partial charge in [-0.1, -0.05) is 42.0 Å². The van der Waals surface area contributed by atoms with Crippen LogP contribution in [0, 0.1) is 12.8 Å². The first kappa shape index (κ1) is 17.5. The van der Waals surface area contributed by atoms with Gasteiger partial charge in [0.2, 0.25) is 5.91 Å². The van der Waals surface area contributed by atoms with E-state index in [0.717, 1.165) is 18.4 Å². The molecular weight excluding hydrogens is 338 g/mol. The van der Waals surface area contributed by atoms with Crippen molar-refractivity contribution in [2.45, 2.75) is 38.8 Å². The van der Waals surface area contributed by atoms with Crippen molar-refractivity contribution in [3.05, 3.63) is 76.3 Å². The third-order valence-electron chi connectivity index (χ3n) is 5.16. The van der Waals surface area contributed by atoms with Gasteiger partial charge < -0.3 is 5.32 Å². The Hall–Kier alpha value is -2.95. The number of carbonyl (C=O) groups is 1. The van der Waals surface area contributed by atoms with E-state index in [4.69, 9.17) is 0 Å². The third kappa shape index (κ3) is 3.92. The predicted molar refractivity (Wildman–Crippen MR) is 105 cm³/mol. The molecule has 1 aliphatic carbocycles. The average molecular weight is 361 g/mol. The second-order valence-corrected chi connectivity index (χ2v) is 7.30. The van der Waals surface area contributed by atoms with E-state index in [1.807, 2.05) is 18.2 Å². The molecular formula is C22H23N3O2. The first-order valence-corrected chi connectivity index (χ1v) is 9.42. The van der Waals surface area contributed by atoms with Gasteiger partial charge in [0.15, 0.2) is 0 Å². The zero-order valence-corrected chi connectivity index (χ0v) is 15.4. The molecule has 0 spiro atoms. The Morgan fingerprint density at radius 3 is 2.67 bits per heavy atom.